The molecule has 0 radical (unpaired) electrons. The smallest absolute Gasteiger partial charge is 0.290 e. The molecule has 0 aliphatic carbocycles. The minimum absolute atomic E-state index is 0.0376. The van der Waals surface area contributed by atoms with Crippen LogP contribution in [-0.4, -0.2) is 75.8 Å². The summed E-state index contributed by atoms with van der Waals surface area (Å²) in [5, 5.41) is 1.16. The van der Waals surface area contributed by atoms with Gasteiger partial charge in [-0.1, -0.05) is 30.9 Å². The first kappa shape index (κ1) is 28.0. The summed E-state index contributed by atoms with van der Waals surface area (Å²) in [6, 6.07) is 7.29. The van der Waals surface area contributed by atoms with Gasteiger partial charge in [0.05, 0.1) is 22.3 Å². The first-order valence-electron chi connectivity index (χ1n) is 13.8. The number of furan rings is 1. The second-order valence-corrected chi connectivity index (χ2v) is 16.7. The van der Waals surface area contributed by atoms with E-state index in [0.717, 1.165) is 42.4 Å². The summed E-state index contributed by atoms with van der Waals surface area (Å²) in [5.74, 6) is 2.29. The van der Waals surface area contributed by atoms with Crippen LogP contribution in [0.5, 0.6) is 23.5 Å². The molecule has 10 nitrogen and oxygen atoms in total. The summed E-state index contributed by atoms with van der Waals surface area (Å²) in [5.41, 5.74) is 7.72. The molecule has 40 heavy (non-hydrogen) atoms. The number of rotatable bonds is 10. The Balaban J connectivity index is 1.54. The highest BCUT2D eigenvalue weighted by Gasteiger charge is 2.31. The standard InChI is InChI=1S/C29H39N5O5Si/c1-18-21(14-20(40(4,5)6)15-23(18)39-24-9-8-22(38-24)26(30)35)25-27(36-2)31-29(32-28(25)37-3)34-13-10-19(17-34)16-33-11-7-12-33/h8-9,14-15,19H,7,10-13,16-17H2,1-6H3,(H2,30,35). The van der Waals surface area contributed by atoms with Crippen LogP contribution in [0.25, 0.3) is 11.1 Å². The number of nitrogens with zero attached hydrogens (tertiary/aromatic N) is 4. The van der Waals surface area contributed by atoms with Gasteiger partial charge in [0.1, 0.15) is 11.3 Å². The molecule has 2 saturated heterocycles. The van der Waals surface area contributed by atoms with Crippen LogP contribution in [0.1, 0.15) is 29.0 Å². The molecular weight excluding hydrogens is 526 g/mol. The van der Waals surface area contributed by atoms with E-state index in [2.05, 4.69) is 35.5 Å². The number of carbonyl (C=O) groups is 1. The lowest BCUT2D eigenvalue weighted by molar-refractivity contribution is 0.0969. The van der Waals surface area contributed by atoms with Crippen molar-refractivity contribution in [1.82, 2.24) is 14.9 Å². The fourth-order valence-corrected chi connectivity index (χ4v) is 6.41. The zero-order valence-electron chi connectivity index (χ0n) is 24.2. The summed E-state index contributed by atoms with van der Waals surface area (Å²) in [6.07, 6.45) is 2.42. The Bertz CT molecular complexity index is 1370. The van der Waals surface area contributed by atoms with Crippen LogP contribution >= 0.6 is 0 Å². The van der Waals surface area contributed by atoms with Crippen molar-refractivity contribution in [3.05, 3.63) is 35.6 Å². The van der Waals surface area contributed by atoms with Gasteiger partial charge in [0.25, 0.3) is 11.9 Å². The van der Waals surface area contributed by atoms with Gasteiger partial charge >= 0.3 is 0 Å². The van der Waals surface area contributed by atoms with Crippen molar-refractivity contribution in [1.29, 1.82) is 0 Å². The van der Waals surface area contributed by atoms with Crippen LogP contribution in [0, 0.1) is 12.8 Å². The number of carbonyl (C=O) groups excluding carboxylic acids is 1. The molecule has 1 unspecified atom stereocenters. The average Bonchev–Trinajstić information content (AvgIpc) is 3.56. The fourth-order valence-electron chi connectivity index (χ4n) is 5.27. The second kappa shape index (κ2) is 11.1. The number of amides is 1. The molecule has 2 aliphatic heterocycles. The third-order valence-corrected chi connectivity index (χ3v) is 9.80. The Morgan fingerprint density at radius 1 is 1.10 bits per heavy atom. The molecule has 4 heterocycles. The fraction of sp³-hybridized carbons (Fsp3) is 0.483. The van der Waals surface area contributed by atoms with Gasteiger partial charge in [-0.2, -0.15) is 9.97 Å². The second-order valence-electron chi connectivity index (χ2n) is 11.7. The first-order valence-corrected chi connectivity index (χ1v) is 17.3. The van der Waals surface area contributed by atoms with Crippen molar-refractivity contribution < 1.29 is 23.4 Å². The van der Waals surface area contributed by atoms with Crippen molar-refractivity contribution in [3.63, 3.8) is 0 Å². The summed E-state index contributed by atoms with van der Waals surface area (Å²) < 4.78 is 23.4. The van der Waals surface area contributed by atoms with Gasteiger partial charge in [-0.05, 0) is 56.5 Å². The van der Waals surface area contributed by atoms with Crippen LogP contribution in [0.15, 0.2) is 28.7 Å². The van der Waals surface area contributed by atoms with Crippen molar-refractivity contribution in [2.45, 2.75) is 39.4 Å². The Kier molecular flexibility index (Phi) is 7.78. The zero-order valence-corrected chi connectivity index (χ0v) is 25.2. The van der Waals surface area contributed by atoms with Gasteiger partial charge in [0.15, 0.2) is 5.76 Å². The Morgan fingerprint density at radius 2 is 1.80 bits per heavy atom. The van der Waals surface area contributed by atoms with E-state index in [0.29, 0.717) is 34.9 Å². The summed E-state index contributed by atoms with van der Waals surface area (Å²) in [4.78, 5) is 26.0. The monoisotopic (exact) mass is 565 g/mol. The molecule has 1 atom stereocenters. The highest BCUT2D eigenvalue weighted by molar-refractivity contribution is 6.88. The number of hydrogen-bond acceptors (Lipinski definition) is 9. The highest BCUT2D eigenvalue weighted by Crippen LogP contribution is 2.42. The Morgan fingerprint density at radius 3 is 2.35 bits per heavy atom. The molecule has 2 aromatic heterocycles. The third-order valence-electron chi connectivity index (χ3n) is 7.78. The van der Waals surface area contributed by atoms with Crippen molar-refractivity contribution in [2.24, 2.45) is 11.7 Å². The molecule has 0 spiro atoms. The molecule has 0 bridgehead atoms. The molecule has 5 rings (SSSR count). The van der Waals surface area contributed by atoms with Gasteiger partial charge in [0, 0.05) is 31.3 Å². The molecule has 2 N–H and O–H groups in total. The number of benzene rings is 1. The van der Waals surface area contributed by atoms with Gasteiger partial charge in [-0.3, -0.25) is 4.79 Å². The number of anilines is 1. The van der Waals surface area contributed by atoms with E-state index in [1.165, 1.54) is 25.6 Å². The molecular formula is C29H39N5O5Si. The SMILES string of the molecule is COc1nc(N2CCC(CN3CCC3)C2)nc(OC)c1-c1cc([Si](C)(C)C)cc(Oc2ccc(C(N)=O)o2)c1C. The predicted octanol–water partition coefficient (Wildman–Crippen LogP) is 4.03. The number of aromatic nitrogens is 2. The minimum atomic E-state index is -1.81. The van der Waals surface area contributed by atoms with Crippen LogP contribution in [0.2, 0.25) is 19.6 Å². The van der Waals surface area contributed by atoms with Crippen molar-refractivity contribution in [2.75, 3.05) is 51.8 Å². The number of primary amides is 1. The number of methoxy groups -OCH3 is 2. The van der Waals surface area contributed by atoms with Gasteiger partial charge in [-0.15, -0.1) is 0 Å². The van der Waals surface area contributed by atoms with E-state index in [9.17, 15) is 4.79 Å². The lowest BCUT2D eigenvalue weighted by Gasteiger charge is -2.32. The first-order chi connectivity index (χ1) is 19.1. The number of nitrogens with two attached hydrogens (primary N) is 1. The van der Waals surface area contributed by atoms with E-state index in [4.69, 9.17) is 34.3 Å². The third kappa shape index (κ3) is 5.66. The van der Waals surface area contributed by atoms with Gasteiger partial charge in [0.2, 0.25) is 17.7 Å². The molecule has 1 amide bonds. The molecule has 3 aromatic rings. The largest absolute Gasteiger partial charge is 0.480 e. The molecule has 1 aromatic carbocycles. The van der Waals surface area contributed by atoms with Crippen LogP contribution in [0.4, 0.5) is 5.95 Å². The summed E-state index contributed by atoms with van der Waals surface area (Å²) >= 11 is 0. The Hall–Kier alpha value is -3.57. The average molecular weight is 566 g/mol. The van der Waals surface area contributed by atoms with Crippen LogP contribution in [0.3, 0.4) is 0 Å². The van der Waals surface area contributed by atoms with Crippen LogP contribution in [-0.2, 0) is 0 Å². The molecule has 0 saturated carbocycles. The topological polar surface area (TPSA) is 116 Å². The summed E-state index contributed by atoms with van der Waals surface area (Å²) in [6.45, 7) is 14.1. The van der Waals surface area contributed by atoms with Crippen molar-refractivity contribution in [3.8, 4) is 34.6 Å². The lowest BCUT2D eigenvalue weighted by Crippen LogP contribution is -2.41. The zero-order chi connectivity index (χ0) is 28.6. The molecule has 2 fully saturated rings. The van der Waals surface area contributed by atoms with E-state index < -0.39 is 14.0 Å². The van der Waals surface area contributed by atoms with E-state index in [-0.39, 0.29) is 11.7 Å². The molecule has 11 heteroatoms. The van der Waals surface area contributed by atoms with E-state index >= 15 is 0 Å². The molecule has 2 aliphatic rings. The Labute approximate surface area is 236 Å². The number of hydrogen-bond donors (Lipinski definition) is 1. The number of ether oxygens (including phenoxy) is 3. The van der Waals surface area contributed by atoms with Gasteiger partial charge < -0.3 is 34.2 Å². The maximum Gasteiger partial charge on any atom is 0.290 e. The van der Waals surface area contributed by atoms with E-state index in [1.54, 1.807) is 20.3 Å². The number of likely N-dealkylation sites (tertiary alicyclic amines) is 1. The normalized spacial score (nSPS) is 17.6. The minimum Gasteiger partial charge on any atom is -0.480 e. The van der Waals surface area contributed by atoms with Gasteiger partial charge in [-0.25, -0.2) is 0 Å². The van der Waals surface area contributed by atoms with Crippen molar-refractivity contribution >= 4 is 25.1 Å². The predicted molar refractivity (Wildman–Crippen MR) is 157 cm³/mol. The quantitative estimate of drug-likeness (QED) is 0.364. The highest BCUT2D eigenvalue weighted by atomic mass is 28.3. The van der Waals surface area contributed by atoms with E-state index in [1.807, 2.05) is 13.0 Å². The maximum atomic E-state index is 11.5. The summed E-state index contributed by atoms with van der Waals surface area (Å²) in [7, 11) is 1.43. The van der Waals surface area contributed by atoms with Crippen LogP contribution < -0.4 is 30.0 Å². The maximum absolute atomic E-state index is 11.5. The molecule has 214 valence electrons. The lowest BCUT2D eigenvalue weighted by atomic mass is 10.0.